The lowest BCUT2D eigenvalue weighted by molar-refractivity contribution is 1.23. The van der Waals surface area contributed by atoms with Crippen LogP contribution < -0.4 is 0 Å². The molecular formula is C18H14N2. The van der Waals surface area contributed by atoms with Gasteiger partial charge in [-0.15, -0.1) is 0 Å². The number of aromatic nitrogens is 2. The average molecular weight is 258 g/mol. The molecule has 0 N–H and O–H groups in total. The second-order valence-electron chi connectivity index (χ2n) is 5.08. The van der Waals surface area contributed by atoms with Gasteiger partial charge in [0.1, 0.15) is 0 Å². The molecule has 4 aromatic rings. The molecule has 0 radical (unpaired) electrons. The molecule has 2 heterocycles. The van der Waals surface area contributed by atoms with Gasteiger partial charge in [0, 0.05) is 11.8 Å². The Hall–Kier alpha value is -2.61. The van der Waals surface area contributed by atoms with Gasteiger partial charge in [0.25, 0.3) is 0 Å². The van der Waals surface area contributed by atoms with Crippen LogP contribution in [0.25, 0.3) is 27.8 Å². The molecule has 20 heavy (non-hydrogen) atoms. The fraction of sp³-hybridized carbons (Fsp3) is 0.0556. The molecule has 0 aliphatic heterocycles. The van der Waals surface area contributed by atoms with Gasteiger partial charge in [0.05, 0.1) is 22.2 Å². The van der Waals surface area contributed by atoms with Gasteiger partial charge in [-0.3, -0.25) is 0 Å². The molecule has 96 valence electrons. The molecule has 0 saturated carbocycles. The lowest BCUT2D eigenvalue weighted by atomic mass is 10.1. The monoisotopic (exact) mass is 258 g/mol. The summed E-state index contributed by atoms with van der Waals surface area (Å²) in [5, 5.41) is 0. The summed E-state index contributed by atoms with van der Waals surface area (Å²) >= 11 is 0. The van der Waals surface area contributed by atoms with Crippen molar-refractivity contribution in [2.75, 3.05) is 0 Å². The number of nitrogens with zero attached hydrogens (tertiary/aromatic N) is 2. The Kier molecular flexibility index (Phi) is 2.36. The Morgan fingerprint density at radius 2 is 1.55 bits per heavy atom. The molecule has 0 amide bonds. The molecule has 2 heteroatoms. The first-order valence-corrected chi connectivity index (χ1v) is 6.76. The number of aryl methyl sites for hydroxylation is 1. The van der Waals surface area contributed by atoms with Gasteiger partial charge in [-0.2, -0.15) is 0 Å². The molecule has 2 nitrogen and oxygen atoms in total. The summed E-state index contributed by atoms with van der Waals surface area (Å²) in [5.74, 6) is 0. The Morgan fingerprint density at radius 1 is 0.800 bits per heavy atom. The van der Waals surface area contributed by atoms with Crippen molar-refractivity contribution in [3.05, 3.63) is 72.4 Å². The van der Waals surface area contributed by atoms with Crippen molar-refractivity contribution >= 4 is 16.6 Å². The van der Waals surface area contributed by atoms with Crippen LogP contribution in [0.2, 0.25) is 0 Å². The Balaban J connectivity index is 2.11. The van der Waals surface area contributed by atoms with Gasteiger partial charge in [0.15, 0.2) is 0 Å². The maximum Gasteiger partial charge on any atom is 0.0950 e. The van der Waals surface area contributed by atoms with Crippen LogP contribution in [0, 0.1) is 6.92 Å². The highest BCUT2D eigenvalue weighted by molar-refractivity contribution is 5.87. The zero-order chi connectivity index (χ0) is 13.5. The molecule has 0 bridgehead atoms. The molecule has 0 spiro atoms. The van der Waals surface area contributed by atoms with Crippen LogP contribution in [0.3, 0.4) is 0 Å². The van der Waals surface area contributed by atoms with E-state index in [1.165, 1.54) is 5.56 Å². The molecule has 0 aliphatic carbocycles. The number of para-hydroxylation sites is 2. The Morgan fingerprint density at radius 3 is 2.40 bits per heavy atom. The summed E-state index contributed by atoms with van der Waals surface area (Å²) < 4.78 is 2.21. The first-order chi connectivity index (χ1) is 9.83. The minimum atomic E-state index is 1.02. The number of benzene rings is 2. The van der Waals surface area contributed by atoms with Crippen molar-refractivity contribution in [2.24, 2.45) is 0 Å². The first kappa shape index (κ1) is 11.2. The minimum Gasteiger partial charge on any atom is -0.313 e. The number of hydrogen-bond donors (Lipinski definition) is 0. The van der Waals surface area contributed by atoms with E-state index < -0.39 is 0 Å². The predicted octanol–water partition coefficient (Wildman–Crippen LogP) is 4.46. The Bertz CT molecular complexity index is 902. The van der Waals surface area contributed by atoms with E-state index >= 15 is 0 Å². The van der Waals surface area contributed by atoms with E-state index in [1.54, 1.807) is 0 Å². The maximum absolute atomic E-state index is 4.85. The summed E-state index contributed by atoms with van der Waals surface area (Å²) in [6, 6.07) is 21.0. The van der Waals surface area contributed by atoms with Crippen molar-refractivity contribution in [3.63, 3.8) is 0 Å². The summed E-state index contributed by atoms with van der Waals surface area (Å²) in [7, 11) is 0. The fourth-order valence-electron chi connectivity index (χ4n) is 2.65. The van der Waals surface area contributed by atoms with Crippen molar-refractivity contribution in [2.45, 2.75) is 6.92 Å². The van der Waals surface area contributed by atoms with Gasteiger partial charge >= 0.3 is 0 Å². The smallest absolute Gasteiger partial charge is 0.0950 e. The van der Waals surface area contributed by atoms with E-state index in [2.05, 4.69) is 72.1 Å². The molecule has 4 rings (SSSR count). The SMILES string of the molecule is Cc1ccc(-c2nc3ccccc3n3cccc23)cc1. The zero-order valence-electron chi connectivity index (χ0n) is 11.2. The highest BCUT2D eigenvalue weighted by atomic mass is 14.9. The normalized spacial score (nSPS) is 11.2. The summed E-state index contributed by atoms with van der Waals surface area (Å²) in [4.78, 5) is 4.85. The van der Waals surface area contributed by atoms with Crippen LogP contribution in [-0.4, -0.2) is 9.38 Å². The number of rotatable bonds is 1. The second kappa shape index (κ2) is 4.20. The highest BCUT2D eigenvalue weighted by Gasteiger charge is 2.09. The standard InChI is InChI=1S/C18H14N2/c1-13-8-10-14(11-9-13)18-17-7-4-12-20(17)16-6-3-2-5-15(16)19-18/h2-12H,1H3. The molecule has 0 aliphatic rings. The third-order valence-corrected chi connectivity index (χ3v) is 3.69. The highest BCUT2D eigenvalue weighted by Crippen LogP contribution is 2.27. The van der Waals surface area contributed by atoms with E-state index in [4.69, 9.17) is 4.98 Å². The number of fused-ring (bicyclic) bond motifs is 3. The van der Waals surface area contributed by atoms with E-state index in [0.717, 1.165) is 27.8 Å². The van der Waals surface area contributed by atoms with E-state index in [1.807, 2.05) is 6.07 Å². The molecular weight excluding hydrogens is 244 g/mol. The second-order valence-corrected chi connectivity index (χ2v) is 5.08. The largest absolute Gasteiger partial charge is 0.313 e. The molecule has 2 aromatic carbocycles. The van der Waals surface area contributed by atoms with E-state index in [0.29, 0.717) is 0 Å². The molecule has 0 saturated heterocycles. The van der Waals surface area contributed by atoms with Gasteiger partial charge in [-0.05, 0) is 31.2 Å². The fourth-order valence-corrected chi connectivity index (χ4v) is 2.65. The van der Waals surface area contributed by atoms with Crippen LogP contribution in [0.1, 0.15) is 5.56 Å². The van der Waals surface area contributed by atoms with Crippen LogP contribution in [0.5, 0.6) is 0 Å². The van der Waals surface area contributed by atoms with Crippen molar-refractivity contribution < 1.29 is 0 Å². The zero-order valence-corrected chi connectivity index (χ0v) is 11.2. The summed E-state index contributed by atoms with van der Waals surface area (Å²) in [5.41, 5.74) is 6.77. The molecule has 2 aromatic heterocycles. The third-order valence-electron chi connectivity index (χ3n) is 3.69. The van der Waals surface area contributed by atoms with Crippen LogP contribution in [-0.2, 0) is 0 Å². The van der Waals surface area contributed by atoms with Gasteiger partial charge in [0.2, 0.25) is 0 Å². The first-order valence-electron chi connectivity index (χ1n) is 6.76. The quantitative estimate of drug-likeness (QED) is 0.492. The van der Waals surface area contributed by atoms with E-state index in [-0.39, 0.29) is 0 Å². The van der Waals surface area contributed by atoms with Gasteiger partial charge < -0.3 is 4.40 Å². The molecule has 0 atom stereocenters. The van der Waals surface area contributed by atoms with Crippen molar-refractivity contribution in [1.82, 2.24) is 9.38 Å². The van der Waals surface area contributed by atoms with Crippen LogP contribution in [0.15, 0.2) is 66.9 Å². The Labute approximate surface area is 117 Å². The predicted molar refractivity (Wildman–Crippen MR) is 82.9 cm³/mol. The van der Waals surface area contributed by atoms with Crippen molar-refractivity contribution in [3.8, 4) is 11.3 Å². The maximum atomic E-state index is 4.85. The number of hydrogen-bond acceptors (Lipinski definition) is 1. The minimum absolute atomic E-state index is 1.02. The summed E-state index contributed by atoms with van der Waals surface area (Å²) in [6.07, 6.45) is 2.09. The summed E-state index contributed by atoms with van der Waals surface area (Å²) in [6.45, 7) is 2.10. The molecule has 0 fully saturated rings. The van der Waals surface area contributed by atoms with Crippen LogP contribution in [0.4, 0.5) is 0 Å². The lowest BCUT2D eigenvalue weighted by Crippen LogP contribution is -1.94. The van der Waals surface area contributed by atoms with Crippen molar-refractivity contribution in [1.29, 1.82) is 0 Å². The molecule has 0 unspecified atom stereocenters. The van der Waals surface area contributed by atoms with E-state index in [9.17, 15) is 0 Å². The van der Waals surface area contributed by atoms with Gasteiger partial charge in [-0.25, -0.2) is 4.98 Å². The average Bonchev–Trinajstić information content (AvgIpc) is 2.97. The van der Waals surface area contributed by atoms with Gasteiger partial charge in [-0.1, -0.05) is 42.0 Å². The lowest BCUT2D eigenvalue weighted by Gasteiger charge is -2.08. The van der Waals surface area contributed by atoms with Crippen LogP contribution >= 0.6 is 0 Å². The third kappa shape index (κ3) is 1.62. The topological polar surface area (TPSA) is 17.3 Å².